The van der Waals surface area contributed by atoms with E-state index in [-0.39, 0.29) is 63.4 Å². The molecule has 0 bridgehead atoms. The Morgan fingerprint density at radius 2 is 1.50 bits per heavy atom. The number of carboxylic acids is 1. The van der Waals surface area contributed by atoms with Crippen LogP contribution in [0.5, 0.6) is 0 Å². The number of ether oxygens (including phenoxy) is 1. The molecule has 0 spiro atoms. The second kappa shape index (κ2) is 15.7. The molecule has 0 unspecified atom stereocenters. The fourth-order valence-electron chi connectivity index (χ4n) is 1.72. The average molecular weight is 308 g/mol. The van der Waals surface area contributed by atoms with Gasteiger partial charge in [-0.05, 0) is 12.0 Å². The number of carbonyl (C=O) groups excluding carboxylic acids is 2. The molecule has 110 valence electrons. The van der Waals surface area contributed by atoms with Gasteiger partial charge in [0, 0.05) is 0 Å². The molecule has 0 rings (SSSR count). The van der Waals surface area contributed by atoms with Gasteiger partial charge >= 0.3 is 57.4 Å². The first-order chi connectivity index (χ1) is 9.07. The zero-order chi connectivity index (χ0) is 14.5. The molecule has 20 heavy (non-hydrogen) atoms. The maximum atomic E-state index is 11.2. The molecule has 0 heterocycles. The molecule has 0 radical (unpaired) electrons. The van der Waals surface area contributed by atoms with E-state index in [1.54, 1.807) is 0 Å². The molecule has 0 aromatic heterocycles. The van der Waals surface area contributed by atoms with Gasteiger partial charge in [0.2, 0.25) is 0 Å². The van der Waals surface area contributed by atoms with Crippen LogP contribution in [0.25, 0.3) is 0 Å². The van der Waals surface area contributed by atoms with Crippen molar-refractivity contribution in [2.45, 2.75) is 64.7 Å². The third-order valence-electron chi connectivity index (χ3n) is 2.91. The van der Waals surface area contributed by atoms with Gasteiger partial charge in [-0.15, -0.1) is 0 Å². The van der Waals surface area contributed by atoms with Crippen molar-refractivity contribution in [1.29, 1.82) is 0 Å². The summed E-state index contributed by atoms with van der Waals surface area (Å²) in [4.78, 5) is 21.5. The van der Waals surface area contributed by atoms with Crippen molar-refractivity contribution in [1.82, 2.24) is 0 Å². The van der Waals surface area contributed by atoms with E-state index in [4.69, 9.17) is 4.74 Å². The fourth-order valence-corrected chi connectivity index (χ4v) is 1.72. The van der Waals surface area contributed by atoms with Crippen LogP contribution < -0.4 is 56.5 Å². The Balaban J connectivity index is 0. The SMILES string of the molecule is C=C(CC(=O)OCCCCCCCCCC)C(=O)[O-].[K+]. The van der Waals surface area contributed by atoms with Crippen LogP contribution in [-0.4, -0.2) is 18.5 Å². The first-order valence-corrected chi connectivity index (χ1v) is 7.12. The number of aliphatic carboxylic acids is 1. The molecule has 0 aromatic carbocycles. The molecule has 0 amide bonds. The second-order valence-corrected chi connectivity index (χ2v) is 4.76. The first kappa shape index (κ1) is 22.6. The van der Waals surface area contributed by atoms with Crippen LogP contribution in [0, 0.1) is 0 Å². The molecular weight excluding hydrogens is 283 g/mol. The third-order valence-corrected chi connectivity index (χ3v) is 2.91. The van der Waals surface area contributed by atoms with E-state index < -0.39 is 11.9 Å². The van der Waals surface area contributed by atoms with Crippen LogP contribution in [-0.2, 0) is 14.3 Å². The number of hydrogen-bond donors (Lipinski definition) is 0. The second-order valence-electron chi connectivity index (χ2n) is 4.76. The Hall–Kier alpha value is 0.316. The average Bonchev–Trinajstić information content (AvgIpc) is 2.36. The molecule has 4 nitrogen and oxygen atoms in total. The number of carbonyl (C=O) groups is 2. The van der Waals surface area contributed by atoms with Crippen molar-refractivity contribution in [3.8, 4) is 0 Å². The number of hydrogen-bond acceptors (Lipinski definition) is 4. The van der Waals surface area contributed by atoms with E-state index in [0.29, 0.717) is 6.61 Å². The van der Waals surface area contributed by atoms with E-state index >= 15 is 0 Å². The van der Waals surface area contributed by atoms with Gasteiger partial charge in [-0.1, -0.05) is 58.4 Å². The molecule has 0 saturated carbocycles. The monoisotopic (exact) mass is 308 g/mol. The molecular formula is C15H25KO4. The standard InChI is InChI=1S/C15H26O4.K/c1-3-4-5-6-7-8-9-10-11-19-14(16)12-13(2)15(17)18;/h2-12H2,1H3,(H,17,18);/q;+1/p-1. The Kier molecular flexibility index (Phi) is 17.7. The van der Waals surface area contributed by atoms with Crippen molar-refractivity contribution < 1.29 is 70.8 Å². The normalized spacial score (nSPS) is 9.65. The molecule has 0 atom stereocenters. The molecule has 0 aliphatic heterocycles. The number of carboxylic acid groups (broad SMARTS) is 1. The van der Waals surface area contributed by atoms with Crippen molar-refractivity contribution in [3.05, 3.63) is 12.2 Å². The Labute approximate surface area is 164 Å². The minimum Gasteiger partial charge on any atom is -0.545 e. The summed E-state index contributed by atoms with van der Waals surface area (Å²) in [5.74, 6) is -1.94. The Morgan fingerprint density at radius 1 is 1.00 bits per heavy atom. The largest absolute Gasteiger partial charge is 1.00 e. The first-order valence-electron chi connectivity index (χ1n) is 7.12. The van der Waals surface area contributed by atoms with Gasteiger partial charge in [0.05, 0.1) is 19.0 Å². The smallest absolute Gasteiger partial charge is 0.545 e. The van der Waals surface area contributed by atoms with E-state index in [0.717, 1.165) is 19.3 Å². The topological polar surface area (TPSA) is 66.4 Å². The van der Waals surface area contributed by atoms with Crippen molar-refractivity contribution in [2.24, 2.45) is 0 Å². The van der Waals surface area contributed by atoms with Crippen molar-refractivity contribution >= 4 is 11.9 Å². The van der Waals surface area contributed by atoms with Crippen molar-refractivity contribution in [2.75, 3.05) is 6.61 Å². The number of rotatable bonds is 12. The maximum absolute atomic E-state index is 11.2. The zero-order valence-corrected chi connectivity index (χ0v) is 16.0. The predicted molar refractivity (Wildman–Crippen MR) is 72.3 cm³/mol. The summed E-state index contributed by atoms with van der Waals surface area (Å²) < 4.78 is 4.92. The van der Waals surface area contributed by atoms with Crippen LogP contribution in [0.15, 0.2) is 12.2 Å². The van der Waals surface area contributed by atoms with Crippen molar-refractivity contribution in [3.63, 3.8) is 0 Å². The molecule has 0 aliphatic carbocycles. The van der Waals surface area contributed by atoms with E-state index in [1.165, 1.54) is 32.1 Å². The number of esters is 1. The predicted octanol–water partition coefficient (Wildman–Crippen LogP) is -0.629. The molecule has 0 saturated heterocycles. The van der Waals surface area contributed by atoms with Gasteiger partial charge < -0.3 is 14.6 Å². The van der Waals surface area contributed by atoms with E-state index in [1.807, 2.05) is 0 Å². The van der Waals surface area contributed by atoms with Gasteiger partial charge in [-0.25, -0.2) is 0 Å². The summed E-state index contributed by atoms with van der Waals surface area (Å²) in [5.41, 5.74) is -0.235. The summed E-state index contributed by atoms with van der Waals surface area (Å²) in [6.07, 6.45) is 9.11. The molecule has 0 aromatic rings. The van der Waals surface area contributed by atoms with Crippen LogP contribution in [0.1, 0.15) is 64.7 Å². The van der Waals surface area contributed by atoms with Gasteiger partial charge in [-0.3, -0.25) is 4.79 Å². The van der Waals surface area contributed by atoms with Gasteiger partial charge in [0.1, 0.15) is 0 Å². The zero-order valence-electron chi connectivity index (χ0n) is 12.9. The number of unbranched alkanes of at least 4 members (excludes halogenated alkanes) is 7. The van der Waals surface area contributed by atoms with Crippen LogP contribution in [0.3, 0.4) is 0 Å². The summed E-state index contributed by atoms with van der Waals surface area (Å²) in [5, 5.41) is 10.3. The molecule has 0 N–H and O–H groups in total. The molecule has 5 heteroatoms. The third kappa shape index (κ3) is 14.7. The van der Waals surface area contributed by atoms with Crippen LogP contribution in [0.2, 0.25) is 0 Å². The molecule has 0 fully saturated rings. The quantitative estimate of drug-likeness (QED) is 0.208. The Morgan fingerprint density at radius 3 is 2.00 bits per heavy atom. The minimum absolute atomic E-state index is 0. The van der Waals surface area contributed by atoms with E-state index in [9.17, 15) is 14.7 Å². The summed E-state index contributed by atoms with van der Waals surface area (Å²) in [7, 11) is 0. The summed E-state index contributed by atoms with van der Waals surface area (Å²) in [6.45, 7) is 5.78. The minimum atomic E-state index is -1.40. The van der Waals surface area contributed by atoms with Crippen LogP contribution >= 0.6 is 0 Å². The van der Waals surface area contributed by atoms with Gasteiger partial charge in [0.25, 0.3) is 0 Å². The fraction of sp³-hybridized carbons (Fsp3) is 0.733. The molecule has 0 aliphatic rings. The summed E-state index contributed by atoms with van der Waals surface area (Å²) >= 11 is 0. The van der Waals surface area contributed by atoms with Gasteiger partial charge in [-0.2, -0.15) is 0 Å². The Bertz CT molecular complexity index is 290. The summed E-state index contributed by atoms with van der Waals surface area (Å²) in [6, 6.07) is 0. The van der Waals surface area contributed by atoms with Crippen LogP contribution in [0.4, 0.5) is 0 Å². The van der Waals surface area contributed by atoms with E-state index in [2.05, 4.69) is 13.5 Å². The maximum Gasteiger partial charge on any atom is 1.00 e. The van der Waals surface area contributed by atoms with Gasteiger partial charge in [0.15, 0.2) is 0 Å².